The zero-order valence-electron chi connectivity index (χ0n) is 9.79. The fourth-order valence-electron chi connectivity index (χ4n) is 1.53. The van der Waals surface area contributed by atoms with E-state index in [1.54, 1.807) is 12.4 Å². The van der Waals surface area contributed by atoms with Crippen molar-refractivity contribution in [2.75, 3.05) is 12.5 Å². The maximum Gasteiger partial charge on any atom is 0.138 e. The zero-order valence-corrected chi connectivity index (χ0v) is 10.5. The molecule has 0 radical (unpaired) electrons. The predicted molar refractivity (Wildman–Crippen MR) is 69.3 cm³/mol. The summed E-state index contributed by atoms with van der Waals surface area (Å²) in [6, 6.07) is 1.93. The minimum Gasteiger partial charge on any atom is -0.492 e. The van der Waals surface area contributed by atoms with Crippen LogP contribution in [0.2, 0.25) is 0 Å². The number of aromatic nitrogens is 1. The topological polar surface area (TPSA) is 22.1 Å². The zero-order chi connectivity index (χ0) is 11.9. The molecule has 0 unspecified atom stereocenters. The first kappa shape index (κ1) is 12.3. The van der Waals surface area contributed by atoms with Crippen LogP contribution in [0.3, 0.4) is 0 Å². The molecule has 0 spiro atoms. The normalized spacial score (nSPS) is 13.9. The minimum atomic E-state index is 0.567. The van der Waals surface area contributed by atoms with Crippen molar-refractivity contribution in [3.8, 4) is 17.6 Å². The van der Waals surface area contributed by atoms with Crippen molar-refractivity contribution in [1.82, 2.24) is 4.98 Å². The molecular weight excluding hydrogens is 234 g/mol. The van der Waals surface area contributed by atoms with Gasteiger partial charge in [0.2, 0.25) is 0 Å². The summed E-state index contributed by atoms with van der Waals surface area (Å²) in [5, 5.41) is 0. The second-order valence-electron chi connectivity index (χ2n) is 4.23. The monoisotopic (exact) mass is 249 g/mol. The van der Waals surface area contributed by atoms with Crippen molar-refractivity contribution < 1.29 is 4.74 Å². The Morgan fingerprint density at radius 3 is 3.06 bits per heavy atom. The average Bonchev–Trinajstić information content (AvgIpc) is 3.14. The van der Waals surface area contributed by atoms with Gasteiger partial charge in [0.25, 0.3) is 0 Å². The summed E-state index contributed by atoms with van der Waals surface area (Å²) >= 11 is 5.56. The molecule has 0 bridgehead atoms. The summed E-state index contributed by atoms with van der Waals surface area (Å²) in [5.41, 5.74) is 0.888. The van der Waals surface area contributed by atoms with Crippen LogP contribution >= 0.6 is 11.6 Å². The molecule has 2 rings (SSSR count). The third kappa shape index (κ3) is 4.66. The lowest BCUT2D eigenvalue weighted by molar-refractivity contribution is 0.301. The van der Waals surface area contributed by atoms with E-state index in [4.69, 9.17) is 16.3 Å². The molecule has 0 aromatic carbocycles. The van der Waals surface area contributed by atoms with Crippen molar-refractivity contribution in [1.29, 1.82) is 0 Å². The molecule has 2 nitrogen and oxygen atoms in total. The summed E-state index contributed by atoms with van der Waals surface area (Å²) in [6.07, 6.45) is 8.07. The Morgan fingerprint density at radius 2 is 2.29 bits per heavy atom. The van der Waals surface area contributed by atoms with Crippen LogP contribution in [0.5, 0.6) is 5.75 Å². The summed E-state index contributed by atoms with van der Waals surface area (Å²) in [4.78, 5) is 4.12. The molecule has 1 saturated carbocycles. The molecule has 1 fully saturated rings. The van der Waals surface area contributed by atoms with Crippen molar-refractivity contribution in [3.63, 3.8) is 0 Å². The molecule has 1 aliphatic carbocycles. The van der Waals surface area contributed by atoms with Crippen molar-refractivity contribution in [3.05, 3.63) is 24.0 Å². The van der Waals surface area contributed by atoms with Gasteiger partial charge in [-0.3, -0.25) is 4.98 Å². The number of rotatable bonds is 5. The molecule has 1 heterocycles. The minimum absolute atomic E-state index is 0.567. The Bertz CT molecular complexity index is 418. The number of nitrogens with zero attached hydrogens (tertiary/aromatic N) is 1. The Hall–Kier alpha value is -1.20. The molecule has 0 N–H and O–H groups in total. The van der Waals surface area contributed by atoms with Gasteiger partial charge in [0.1, 0.15) is 5.75 Å². The standard InChI is InChI=1S/C14H16ClNO/c15-7-2-1-3-13-9-14(11-16-10-13)17-8-6-12-4-5-12/h9-12H,2,4-8H2. The summed E-state index contributed by atoms with van der Waals surface area (Å²) in [7, 11) is 0. The molecule has 0 aliphatic heterocycles. The maximum atomic E-state index is 5.65. The Labute approximate surface area is 107 Å². The van der Waals surface area contributed by atoms with Gasteiger partial charge in [-0.25, -0.2) is 0 Å². The molecular formula is C14H16ClNO. The SMILES string of the molecule is ClCCC#Cc1cncc(OCCC2CC2)c1. The summed E-state index contributed by atoms with van der Waals surface area (Å²) < 4.78 is 5.65. The van der Waals surface area contributed by atoms with Crippen molar-refractivity contribution in [2.45, 2.75) is 25.7 Å². The molecule has 17 heavy (non-hydrogen) atoms. The van der Waals surface area contributed by atoms with E-state index >= 15 is 0 Å². The first-order valence-corrected chi connectivity index (χ1v) is 6.54. The van der Waals surface area contributed by atoms with E-state index in [9.17, 15) is 0 Å². The van der Waals surface area contributed by atoms with E-state index in [1.165, 1.54) is 12.8 Å². The maximum absolute atomic E-state index is 5.65. The molecule has 90 valence electrons. The lowest BCUT2D eigenvalue weighted by Gasteiger charge is -2.04. The second kappa shape index (κ2) is 6.51. The lowest BCUT2D eigenvalue weighted by Crippen LogP contribution is -1.98. The van der Waals surface area contributed by atoms with Crippen LogP contribution < -0.4 is 4.74 Å². The number of alkyl halides is 1. The van der Waals surface area contributed by atoms with E-state index < -0.39 is 0 Å². The van der Waals surface area contributed by atoms with Gasteiger partial charge in [-0.1, -0.05) is 24.7 Å². The van der Waals surface area contributed by atoms with Gasteiger partial charge in [-0.15, -0.1) is 11.6 Å². The third-order valence-electron chi connectivity index (χ3n) is 2.66. The van der Waals surface area contributed by atoms with Gasteiger partial charge < -0.3 is 4.74 Å². The van der Waals surface area contributed by atoms with Crippen LogP contribution in [-0.2, 0) is 0 Å². The first-order valence-electron chi connectivity index (χ1n) is 6.01. The largest absolute Gasteiger partial charge is 0.492 e. The van der Waals surface area contributed by atoms with Crippen molar-refractivity contribution in [2.24, 2.45) is 5.92 Å². The smallest absolute Gasteiger partial charge is 0.138 e. The summed E-state index contributed by atoms with van der Waals surface area (Å²) in [6.45, 7) is 0.783. The highest BCUT2D eigenvalue weighted by Gasteiger charge is 2.20. The molecule has 1 aromatic rings. The molecule has 0 saturated heterocycles. The van der Waals surface area contributed by atoms with Gasteiger partial charge in [-0.2, -0.15) is 0 Å². The fourth-order valence-corrected chi connectivity index (χ4v) is 1.62. The number of halogens is 1. The van der Waals surface area contributed by atoms with Crippen LogP contribution in [-0.4, -0.2) is 17.5 Å². The van der Waals surface area contributed by atoms with Gasteiger partial charge in [-0.05, 0) is 18.4 Å². The molecule has 0 atom stereocenters. The number of hydrogen-bond donors (Lipinski definition) is 0. The lowest BCUT2D eigenvalue weighted by atomic mass is 10.2. The van der Waals surface area contributed by atoms with Crippen LogP contribution in [0.1, 0.15) is 31.2 Å². The van der Waals surface area contributed by atoms with E-state index in [1.807, 2.05) is 6.07 Å². The van der Waals surface area contributed by atoms with Crippen LogP contribution in [0.15, 0.2) is 18.5 Å². The van der Waals surface area contributed by atoms with Crippen molar-refractivity contribution >= 4 is 11.6 Å². The average molecular weight is 250 g/mol. The van der Waals surface area contributed by atoms with E-state index in [2.05, 4.69) is 16.8 Å². The van der Waals surface area contributed by atoms with Crippen LogP contribution in [0.4, 0.5) is 0 Å². The quantitative estimate of drug-likeness (QED) is 0.590. The number of pyridine rings is 1. The Balaban J connectivity index is 1.84. The van der Waals surface area contributed by atoms with E-state index in [0.29, 0.717) is 12.3 Å². The molecule has 1 aliphatic rings. The Kier molecular flexibility index (Phi) is 4.70. The molecule has 0 amide bonds. The van der Waals surface area contributed by atoms with E-state index in [0.717, 1.165) is 30.3 Å². The Morgan fingerprint density at radius 1 is 1.41 bits per heavy atom. The van der Waals surface area contributed by atoms with Gasteiger partial charge in [0.05, 0.1) is 12.8 Å². The number of hydrogen-bond acceptors (Lipinski definition) is 2. The molecule has 3 heteroatoms. The second-order valence-corrected chi connectivity index (χ2v) is 4.61. The highest BCUT2D eigenvalue weighted by Crippen LogP contribution is 2.32. The predicted octanol–water partition coefficient (Wildman–Crippen LogP) is 3.24. The highest BCUT2D eigenvalue weighted by molar-refractivity contribution is 6.18. The van der Waals surface area contributed by atoms with E-state index in [-0.39, 0.29) is 0 Å². The fraction of sp³-hybridized carbons (Fsp3) is 0.500. The first-order chi connectivity index (χ1) is 8.38. The molecule has 1 aromatic heterocycles. The summed E-state index contributed by atoms with van der Waals surface area (Å²) in [5.74, 6) is 8.28. The van der Waals surface area contributed by atoms with Gasteiger partial charge in [0.15, 0.2) is 0 Å². The highest BCUT2D eigenvalue weighted by atomic mass is 35.5. The third-order valence-corrected chi connectivity index (χ3v) is 2.85. The van der Waals surface area contributed by atoms with Crippen LogP contribution in [0, 0.1) is 17.8 Å². The van der Waals surface area contributed by atoms with Crippen LogP contribution in [0.25, 0.3) is 0 Å². The number of ether oxygens (including phenoxy) is 1. The van der Waals surface area contributed by atoms with Gasteiger partial charge in [0, 0.05) is 24.1 Å². The van der Waals surface area contributed by atoms with Gasteiger partial charge >= 0.3 is 0 Å².